The molecule has 2 unspecified atom stereocenters. The van der Waals surface area contributed by atoms with Crippen molar-refractivity contribution < 1.29 is 9.00 Å². The maximum Gasteiger partial charge on any atom is 0.251 e. The van der Waals surface area contributed by atoms with E-state index in [0.29, 0.717) is 12.1 Å². The van der Waals surface area contributed by atoms with Crippen LogP contribution in [0.3, 0.4) is 0 Å². The van der Waals surface area contributed by atoms with E-state index < -0.39 is 10.8 Å². The van der Waals surface area contributed by atoms with E-state index in [9.17, 15) is 9.00 Å². The molecule has 0 fully saturated rings. The summed E-state index contributed by atoms with van der Waals surface area (Å²) in [6.45, 7) is 2.29. The molecule has 0 saturated heterocycles. The molecule has 0 bridgehead atoms. The van der Waals surface area contributed by atoms with Crippen molar-refractivity contribution in [1.29, 1.82) is 0 Å². The molecule has 3 nitrogen and oxygen atoms in total. The molecule has 1 aromatic rings. The summed E-state index contributed by atoms with van der Waals surface area (Å²) in [6.07, 6.45) is 1.64. The molecule has 1 rings (SSSR count). The third kappa shape index (κ3) is 4.21. The van der Waals surface area contributed by atoms with E-state index in [1.165, 1.54) is 0 Å². The van der Waals surface area contributed by atoms with Crippen molar-refractivity contribution in [2.45, 2.75) is 12.2 Å². The van der Waals surface area contributed by atoms with Crippen LogP contribution in [0.4, 0.5) is 0 Å². The average Bonchev–Trinajstić information content (AvgIpc) is 2.26. The highest BCUT2D eigenvalue weighted by Crippen LogP contribution is 2.06. The van der Waals surface area contributed by atoms with E-state index in [-0.39, 0.29) is 11.2 Å². The molecule has 0 saturated carbocycles. The number of nitrogens with one attached hydrogen (secondary N) is 1. The first-order chi connectivity index (χ1) is 7.50. The van der Waals surface area contributed by atoms with Crippen LogP contribution >= 0.6 is 22.6 Å². The summed E-state index contributed by atoms with van der Waals surface area (Å²) in [5.74, 6) is -0.117. The van der Waals surface area contributed by atoms with Gasteiger partial charge in [0.15, 0.2) is 0 Å². The van der Waals surface area contributed by atoms with Crippen molar-refractivity contribution in [3.63, 3.8) is 0 Å². The summed E-state index contributed by atoms with van der Waals surface area (Å²) in [7, 11) is -0.903. The van der Waals surface area contributed by atoms with Gasteiger partial charge in [0.25, 0.3) is 5.91 Å². The molecule has 0 aliphatic heterocycles. The summed E-state index contributed by atoms with van der Waals surface area (Å²) in [5, 5.41) is 2.74. The molecule has 0 aliphatic carbocycles. The standard InChI is InChI=1S/C11H14INO2S/c1-8(16(2)15)7-13-11(14)9-3-5-10(12)6-4-9/h3-6,8H,7H2,1-2H3,(H,13,14). The Kier molecular flexibility index (Phi) is 5.40. The number of benzene rings is 1. The molecule has 5 heteroatoms. The van der Waals surface area contributed by atoms with E-state index in [1.54, 1.807) is 18.4 Å². The number of rotatable bonds is 4. The molecule has 1 N–H and O–H groups in total. The van der Waals surface area contributed by atoms with Gasteiger partial charge in [-0.1, -0.05) is 0 Å². The zero-order valence-corrected chi connectivity index (χ0v) is 12.2. The van der Waals surface area contributed by atoms with Gasteiger partial charge >= 0.3 is 0 Å². The number of carbonyl (C=O) groups excluding carboxylic acids is 1. The van der Waals surface area contributed by atoms with Crippen LogP contribution in [0.15, 0.2) is 24.3 Å². The highest BCUT2D eigenvalue weighted by molar-refractivity contribution is 14.1. The fourth-order valence-electron chi connectivity index (χ4n) is 1.06. The summed E-state index contributed by atoms with van der Waals surface area (Å²) in [4.78, 5) is 11.7. The Morgan fingerprint density at radius 2 is 2.00 bits per heavy atom. The molecule has 0 aromatic heterocycles. The van der Waals surface area contributed by atoms with Gasteiger partial charge in [0.05, 0.1) is 0 Å². The number of hydrogen-bond donors (Lipinski definition) is 1. The predicted octanol–water partition coefficient (Wildman–Crippen LogP) is 1.79. The van der Waals surface area contributed by atoms with Crippen molar-refractivity contribution in [3.05, 3.63) is 33.4 Å². The summed E-state index contributed by atoms with van der Waals surface area (Å²) in [6, 6.07) is 7.34. The van der Waals surface area contributed by atoms with Crippen LogP contribution in [-0.2, 0) is 10.8 Å². The van der Waals surface area contributed by atoms with Crippen molar-refractivity contribution in [2.24, 2.45) is 0 Å². The van der Waals surface area contributed by atoms with Gasteiger partial charge in [0, 0.05) is 38.0 Å². The number of halogens is 1. The normalized spacial score (nSPS) is 14.2. The van der Waals surface area contributed by atoms with Gasteiger partial charge in [-0.2, -0.15) is 0 Å². The molecule has 1 aromatic carbocycles. The van der Waals surface area contributed by atoms with Crippen LogP contribution < -0.4 is 5.32 Å². The average molecular weight is 351 g/mol. The van der Waals surface area contributed by atoms with Crippen LogP contribution in [0.2, 0.25) is 0 Å². The Hall–Kier alpha value is -0.430. The largest absolute Gasteiger partial charge is 0.351 e. The quantitative estimate of drug-likeness (QED) is 0.841. The third-order valence-corrected chi connectivity index (χ3v) is 4.24. The second-order valence-electron chi connectivity index (χ2n) is 3.53. The maximum atomic E-state index is 11.7. The lowest BCUT2D eigenvalue weighted by molar-refractivity contribution is 0.0954. The Balaban J connectivity index is 2.53. The number of hydrogen-bond acceptors (Lipinski definition) is 2. The minimum atomic E-state index is -0.903. The molecule has 16 heavy (non-hydrogen) atoms. The minimum absolute atomic E-state index is 0.0206. The van der Waals surface area contributed by atoms with E-state index >= 15 is 0 Å². The van der Waals surface area contributed by atoms with E-state index in [1.807, 2.05) is 19.1 Å². The Bertz CT molecular complexity index is 391. The lowest BCUT2D eigenvalue weighted by Crippen LogP contribution is -2.32. The zero-order valence-electron chi connectivity index (χ0n) is 9.20. The van der Waals surface area contributed by atoms with Gasteiger partial charge in [0.2, 0.25) is 0 Å². The van der Waals surface area contributed by atoms with E-state index in [2.05, 4.69) is 27.9 Å². The summed E-state index contributed by atoms with van der Waals surface area (Å²) in [5.41, 5.74) is 0.634. The van der Waals surface area contributed by atoms with Gasteiger partial charge in [-0.05, 0) is 53.8 Å². The Labute approximate surface area is 112 Å². The van der Waals surface area contributed by atoms with Crippen LogP contribution in [0.1, 0.15) is 17.3 Å². The third-order valence-electron chi connectivity index (χ3n) is 2.22. The smallest absolute Gasteiger partial charge is 0.251 e. The Morgan fingerprint density at radius 1 is 1.44 bits per heavy atom. The molecule has 88 valence electrons. The van der Waals surface area contributed by atoms with Crippen molar-refractivity contribution in [3.8, 4) is 0 Å². The maximum absolute atomic E-state index is 11.7. The highest BCUT2D eigenvalue weighted by Gasteiger charge is 2.09. The van der Waals surface area contributed by atoms with E-state index in [4.69, 9.17) is 0 Å². The van der Waals surface area contributed by atoms with E-state index in [0.717, 1.165) is 3.57 Å². The summed E-state index contributed by atoms with van der Waals surface area (Å²) < 4.78 is 12.2. The lowest BCUT2D eigenvalue weighted by Gasteiger charge is -2.09. The lowest BCUT2D eigenvalue weighted by atomic mass is 10.2. The van der Waals surface area contributed by atoms with Crippen LogP contribution in [0.5, 0.6) is 0 Å². The first-order valence-corrected chi connectivity index (χ1v) is 7.56. The van der Waals surface area contributed by atoms with Gasteiger partial charge in [-0.15, -0.1) is 0 Å². The predicted molar refractivity (Wildman–Crippen MR) is 75.0 cm³/mol. The number of amides is 1. The zero-order chi connectivity index (χ0) is 12.1. The number of carbonyl (C=O) groups is 1. The monoisotopic (exact) mass is 351 g/mol. The molecular formula is C11H14INO2S. The molecule has 0 aliphatic rings. The summed E-state index contributed by atoms with van der Waals surface area (Å²) >= 11 is 2.19. The molecule has 0 heterocycles. The first kappa shape index (κ1) is 13.6. The fraction of sp³-hybridized carbons (Fsp3) is 0.364. The molecule has 2 atom stereocenters. The molecule has 0 radical (unpaired) electrons. The van der Waals surface area contributed by atoms with Gasteiger partial charge in [-0.25, -0.2) is 0 Å². The van der Waals surface area contributed by atoms with Gasteiger partial charge < -0.3 is 5.32 Å². The van der Waals surface area contributed by atoms with Crippen LogP contribution in [0, 0.1) is 3.57 Å². The first-order valence-electron chi connectivity index (χ1n) is 4.86. The molecular weight excluding hydrogens is 337 g/mol. The molecule has 1 amide bonds. The van der Waals surface area contributed by atoms with Crippen LogP contribution in [0.25, 0.3) is 0 Å². The van der Waals surface area contributed by atoms with Gasteiger partial charge in [-0.3, -0.25) is 9.00 Å². The second kappa shape index (κ2) is 6.34. The fourth-order valence-corrected chi connectivity index (χ4v) is 1.73. The van der Waals surface area contributed by atoms with Crippen molar-refractivity contribution >= 4 is 39.3 Å². The molecule has 0 spiro atoms. The van der Waals surface area contributed by atoms with Crippen molar-refractivity contribution in [2.75, 3.05) is 12.8 Å². The topological polar surface area (TPSA) is 46.2 Å². The highest BCUT2D eigenvalue weighted by atomic mass is 127. The SMILES string of the molecule is CC(CNC(=O)c1ccc(I)cc1)S(C)=O. The second-order valence-corrected chi connectivity index (χ2v) is 6.57. The minimum Gasteiger partial charge on any atom is -0.351 e. The Morgan fingerprint density at radius 3 is 2.50 bits per heavy atom. The van der Waals surface area contributed by atoms with Gasteiger partial charge in [0.1, 0.15) is 0 Å². The van der Waals surface area contributed by atoms with Crippen molar-refractivity contribution in [1.82, 2.24) is 5.32 Å². The van der Waals surface area contributed by atoms with Crippen LogP contribution in [-0.4, -0.2) is 28.2 Å².